The summed E-state index contributed by atoms with van der Waals surface area (Å²) in [5.41, 5.74) is 1.87. The first-order valence-corrected chi connectivity index (χ1v) is 8.23. The number of hydrogen-bond acceptors (Lipinski definition) is 4. The molecule has 1 aliphatic carbocycles. The molecule has 0 spiro atoms. The van der Waals surface area contributed by atoms with Crippen molar-refractivity contribution >= 4 is 5.71 Å². The molecule has 4 heteroatoms. The van der Waals surface area contributed by atoms with Gasteiger partial charge in [0.25, 0.3) is 0 Å². The lowest BCUT2D eigenvalue weighted by molar-refractivity contribution is -0.00605. The van der Waals surface area contributed by atoms with Crippen LogP contribution in [0.5, 0.6) is 11.5 Å². The van der Waals surface area contributed by atoms with Crippen LogP contribution in [0.4, 0.5) is 0 Å². The quantitative estimate of drug-likeness (QED) is 0.813. The molecule has 2 aliphatic rings. The van der Waals surface area contributed by atoms with E-state index in [2.05, 4.69) is 19.0 Å². The van der Waals surface area contributed by atoms with E-state index in [0.717, 1.165) is 48.5 Å². The number of nitrogens with zero attached hydrogens (tertiary/aromatic N) is 1. The first-order valence-electron chi connectivity index (χ1n) is 8.23. The van der Waals surface area contributed by atoms with Crippen molar-refractivity contribution in [1.29, 1.82) is 0 Å². The predicted molar refractivity (Wildman–Crippen MR) is 86.8 cm³/mol. The molecule has 1 saturated carbocycles. The summed E-state index contributed by atoms with van der Waals surface area (Å²) in [7, 11) is 1.68. The summed E-state index contributed by atoms with van der Waals surface area (Å²) in [4.78, 5) is 5.60. The maximum atomic E-state index is 6.16. The van der Waals surface area contributed by atoms with Crippen LogP contribution in [0.15, 0.2) is 23.4 Å². The van der Waals surface area contributed by atoms with Crippen molar-refractivity contribution in [3.63, 3.8) is 0 Å². The van der Waals surface area contributed by atoms with Crippen LogP contribution < -0.4 is 9.47 Å². The topological polar surface area (TPSA) is 40.0 Å². The van der Waals surface area contributed by atoms with Crippen molar-refractivity contribution in [2.24, 2.45) is 5.16 Å². The van der Waals surface area contributed by atoms with E-state index in [-0.39, 0.29) is 5.60 Å². The summed E-state index contributed by atoms with van der Waals surface area (Å²) >= 11 is 0. The van der Waals surface area contributed by atoms with Gasteiger partial charge >= 0.3 is 0 Å². The van der Waals surface area contributed by atoms with Crippen molar-refractivity contribution in [3.8, 4) is 11.5 Å². The van der Waals surface area contributed by atoms with Gasteiger partial charge in [-0.3, -0.25) is 0 Å². The number of ether oxygens (including phenoxy) is 2. The molecule has 1 aliphatic heterocycles. The molecule has 1 aromatic rings. The van der Waals surface area contributed by atoms with E-state index in [1.165, 1.54) is 12.8 Å². The third-order valence-electron chi connectivity index (χ3n) is 4.76. The van der Waals surface area contributed by atoms with Crippen LogP contribution >= 0.6 is 0 Å². The zero-order chi connectivity index (χ0) is 15.6. The zero-order valence-corrected chi connectivity index (χ0v) is 13.7. The summed E-state index contributed by atoms with van der Waals surface area (Å²) in [5.74, 6) is 1.60. The highest BCUT2D eigenvalue weighted by atomic mass is 16.7. The lowest BCUT2D eigenvalue weighted by atomic mass is 9.94. The van der Waals surface area contributed by atoms with Gasteiger partial charge in [0, 0.05) is 12.0 Å². The molecule has 22 heavy (non-hydrogen) atoms. The molecule has 0 N–H and O–H groups in total. The standard InChI is InChI=1S/C18H25NO3/c1-4-18(2)12-15(19-22-18)13-9-10-16(20-3)17(11-13)21-14-7-5-6-8-14/h9-11,14H,4-8,12H2,1-3H3. The fourth-order valence-corrected chi connectivity index (χ4v) is 3.06. The minimum Gasteiger partial charge on any atom is -0.493 e. The van der Waals surface area contributed by atoms with Gasteiger partial charge in [0.05, 0.1) is 18.9 Å². The Hall–Kier alpha value is -1.71. The SMILES string of the molecule is CCC1(C)CC(c2ccc(OC)c(OC3CCCC3)c2)=NO1. The van der Waals surface area contributed by atoms with E-state index < -0.39 is 0 Å². The highest BCUT2D eigenvalue weighted by Crippen LogP contribution is 2.35. The van der Waals surface area contributed by atoms with E-state index >= 15 is 0 Å². The van der Waals surface area contributed by atoms with Gasteiger partial charge in [-0.05, 0) is 57.2 Å². The molecule has 1 heterocycles. The second-order valence-corrected chi connectivity index (χ2v) is 6.50. The number of hydrogen-bond donors (Lipinski definition) is 0. The molecule has 3 rings (SSSR count). The lowest BCUT2D eigenvalue weighted by Gasteiger charge is -2.19. The molecule has 0 radical (unpaired) electrons. The first-order chi connectivity index (χ1) is 10.6. The van der Waals surface area contributed by atoms with Gasteiger partial charge in [-0.15, -0.1) is 0 Å². The minimum absolute atomic E-state index is 0.179. The van der Waals surface area contributed by atoms with Gasteiger partial charge in [0.1, 0.15) is 5.60 Å². The van der Waals surface area contributed by atoms with Gasteiger partial charge < -0.3 is 14.3 Å². The second kappa shape index (κ2) is 6.19. The summed E-state index contributed by atoms with van der Waals surface area (Å²) in [6, 6.07) is 6.04. The van der Waals surface area contributed by atoms with Gasteiger partial charge in [-0.1, -0.05) is 12.1 Å². The molecule has 0 bridgehead atoms. The molecule has 0 aromatic heterocycles. The van der Waals surface area contributed by atoms with E-state index in [9.17, 15) is 0 Å². The third-order valence-corrected chi connectivity index (χ3v) is 4.76. The van der Waals surface area contributed by atoms with Crippen LogP contribution in [0, 0.1) is 0 Å². The number of oxime groups is 1. The normalized spacial score (nSPS) is 25.0. The average molecular weight is 303 g/mol. The second-order valence-electron chi connectivity index (χ2n) is 6.50. The Labute approximate surface area is 132 Å². The van der Waals surface area contributed by atoms with Crippen molar-refractivity contribution in [1.82, 2.24) is 0 Å². The fourth-order valence-electron chi connectivity index (χ4n) is 3.06. The Kier molecular flexibility index (Phi) is 4.27. The van der Waals surface area contributed by atoms with Crippen molar-refractivity contribution < 1.29 is 14.3 Å². The molecule has 1 atom stereocenters. The molecule has 1 unspecified atom stereocenters. The first kappa shape index (κ1) is 15.2. The molecular weight excluding hydrogens is 278 g/mol. The minimum atomic E-state index is -0.179. The number of methoxy groups -OCH3 is 1. The largest absolute Gasteiger partial charge is 0.493 e. The Morgan fingerprint density at radius 1 is 1.27 bits per heavy atom. The highest BCUT2D eigenvalue weighted by Gasteiger charge is 2.33. The van der Waals surface area contributed by atoms with Crippen molar-refractivity contribution in [3.05, 3.63) is 23.8 Å². The van der Waals surface area contributed by atoms with E-state index in [1.807, 2.05) is 18.2 Å². The van der Waals surface area contributed by atoms with Crippen LogP contribution in [-0.4, -0.2) is 24.5 Å². The van der Waals surface area contributed by atoms with E-state index in [0.29, 0.717) is 6.10 Å². The maximum Gasteiger partial charge on any atom is 0.162 e. The predicted octanol–water partition coefficient (Wildman–Crippen LogP) is 4.31. The zero-order valence-electron chi connectivity index (χ0n) is 13.7. The molecular formula is C18H25NO3. The fraction of sp³-hybridized carbons (Fsp3) is 0.611. The van der Waals surface area contributed by atoms with Crippen LogP contribution in [0.3, 0.4) is 0 Å². The Morgan fingerprint density at radius 2 is 2.05 bits per heavy atom. The third kappa shape index (κ3) is 3.06. The number of rotatable bonds is 5. The Balaban J connectivity index is 1.81. The molecule has 1 fully saturated rings. The summed E-state index contributed by atoms with van der Waals surface area (Å²) < 4.78 is 11.6. The van der Waals surface area contributed by atoms with Crippen LogP contribution in [-0.2, 0) is 4.84 Å². The van der Waals surface area contributed by atoms with Gasteiger partial charge in [0.2, 0.25) is 0 Å². The van der Waals surface area contributed by atoms with E-state index in [1.54, 1.807) is 7.11 Å². The molecule has 4 nitrogen and oxygen atoms in total. The van der Waals surface area contributed by atoms with Crippen LogP contribution in [0.2, 0.25) is 0 Å². The maximum absolute atomic E-state index is 6.16. The molecule has 120 valence electrons. The van der Waals surface area contributed by atoms with Crippen LogP contribution in [0.25, 0.3) is 0 Å². The molecule has 0 saturated heterocycles. The van der Waals surface area contributed by atoms with Gasteiger partial charge in [-0.2, -0.15) is 0 Å². The van der Waals surface area contributed by atoms with Crippen LogP contribution in [0.1, 0.15) is 57.9 Å². The number of benzene rings is 1. The summed E-state index contributed by atoms with van der Waals surface area (Å²) in [6.07, 6.45) is 6.85. The van der Waals surface area contributed by atoms with E-state index in [4.69, 9.17) is 14.3 Å². The highest BCUT2D eigenvalue weighted by molar-refractivity contribution is 6.02. The summed E-state index contributed by atoms with van der Waals surface area (Å²) in [6.45, 7) is 4.23. The Bertz CT molecular complexity index is 563. The van der Waals surface area contributed by atoms with Gasteiger partial charge in [0.15, 0.2) is 11.5 Å². The molecule has 0 amide bonds. The lowest BCUT2D eigenvalue weighted by Crippen LogP contribution is -2.23. The van der Waals surface area contributed by atoms with Crippen molar-refractivity contribution in [2.75, 3.05) is 7.11 Å². The average Bonchev–Trinajstić information content (AvgIpc) is 3.18. The molecule has 1 aromatic carbocycles. The Morgan fingerprint density at radius 3 is 2.68 bits per heavy atom. The summed E-state index contributed by atoms with van der Waals surface area (Å²) in [5, 5.41) is 4.28. The van der Waals surface area contributed by atoms with Crippen molar-refractivity contribution in [2.45, 2.75) is 64.1 Å². The monoisotopic (exact) mass is 303 g/mol. The van der Waals surface area contributed by atoms with Gasteiger partial charge in [-0.25, -0.2) is 0 Å². The smallest absolute Gasteiger partial charge is 0.162 e.